The molecule has 0 saturated carbocycles. The van der Waals surface area contributed by atoms with E-state index in [0.717, 1.165) is 6.26 Å². The van der Waals surface area contributed by atoms with Crippen molar-refractivity contribution >= 4 is 16.1 Å². The number of ether oxygens (including phenoxy) is 1. The summed E-state index contributed by atoms with van der Waals surface area (Å²) in [6, 6.07) is 0. The quantitative estimate of drug-likeness (QED) is 0.482. The second-order valence-electron chi connectivity index (χ2n) is 2.62. The number of hydrogen-bond donors (Lipinski definition) is 0. The van der Waals surface area contributed by atoms with Crippen LogP contribution in [0.4, 0.5) is 0 Å². The first-order valence-corrected chi connectivity index (χ1v) is 5.70. The zero-order chi connectivity index (χ0) is 10.5. The molecule has 0 aromatic heterocycles. The standard InChI is InChI=1S/C7H14O5S/c1-4-11-7(8)5-6(2)12-13(3,9)10/h6H,4-5H2,1-3H3. The first kappa shape index (κ1) is 12.4. The van der Waals surface area contributed by atoms with E-state index in [0.29, 0.717) is 0 Å². The third-order valence-corrected chi connectivity index (χ3v) is 1.78. The van der Waals surface area contributed by atoms with Crippen molar-refractivity contribution in [1.82, 2.24) is 0 Å². The summed E-state index contributed by atoms with van der Waals surface area (Å²) < 4.78 is 30.4. The molecule has 0 aliphatic heterocycles. The Morgan fingerprint density at radius 2 is 2.00 bits per heavy atom. The van der Waals surface area contributed by atoms with Crippen molar-refractivity contribution in [3.05, 3.63) is 0 Å². The Labute approximate surface area is 78.2 Å². The number of carbonyl (C=O) groups is 1. The zero-order valence-electron chi connectivity index (χ0n) is 7.94. The maximum absolute atomic E-state index is 10.8. The average Bonchev–Trinajstić information content (AvgIpc) is 1.81. The van der Waals surface area contributed by atoms with Gasteiger partial charge >= 0.3 is 5.97 Å². The van der Waals surface area contributed by atoms with Gasteiger partial charge in [-0.3, -0.25) is 8.98 Å². The maximum Gasteiger partial charge on any atom is 0.308 e. The summed E-state index contributed by atoms with van der Waals surface area (Å²) in [5.74, 6) is -0.460. The molecule has 0 bridgehead atoms. The van der Waals surface area contributed by atoms with Crippen LogP contribution in [-0.4, -0.2) is 33.4 Å². The van der Waals surface area contributed by atoms with E-state index < -0.39 is 22.2 Å². The van der Waals surface area contributed by atoms with Gasteiger partial charge in [0.05, 0.1) is 25.4 Å². The fourth-order valence-corrected chi connectivity index (χ4v) is 1.45. The molecule has 1 atom stereocenters. The first-order valence-electron chi connectivity index (χ1n) is 3.89. The SMILES string of the molecule is CCOC(=O)CC(C)OS(C)(=O)=O. The van der Waals surface area contributed by atoms with Crippen molar-refractivity contribution < 1.29 is 22.1 Å². The van der Waals surface area contributed by atoms with Crippen molar-refractivity contribution in [1.29, 1.82) is 0 Å². The van der Waals surface area contributed by atoms with Gasteiger partial charge in [-0.1, -0.05) is 0 Å². The van der Waals surface area contributed by atoms with Gasteiger partial charge in [0.1, 0.15) is 0 Å². The minimum absolute atomic E-state index is 0.0547. The Morgan fingerprint density at radius 3 is 2.38 bits per heavy atom. The molecule has 78 valence electrons. The van der Waals surface area contributed by atoms with E-state index >= 15 is 0 Å². The Bertz CT molecular complexity index is 256. The summed E-state index contributed by atoms with van der Waals surface area (Å²) in [7, 11) is -3.49. The highest BCUT2D eigenvalue weighted by Gasteiger charge is 2.14. The van der Waals surface area contributed by atoms with Crippen LogP contribution in [0.3, 0.4) is 0 Å². The van der Waals surface area contributed by atoms with Gasteiger partial charge in [-0.2, -0.15) is 8.42 Å². The highest BCUT2D eigenvalue weighted by Crippen LogP contribution is 2.02. The van der Waals surface area contributed by atoms with E-state index in [1.165, 1.54) is 6.92 Å². The van der Waals surface area contributed by atoms with Gasteiger partial charge in [-0.05, 0) is 13.8 Å². The lowest BCUT2D eigenvalue weighted by Gasteiger charge is -2.09. The van der Waals surface area contributed by atoms with E-state index in [2.05, 4.69) is 8.92 Å². The van der Waals surface area contributed by atoms with Gasteiger partial charge in [0.15, 0.2) is 0 Å². The van der Waals surface area contributed by atoms with E-state index in [4.69, 9.17) is 0 Å². The van der Waals surface area contributed by atoms with E-state index in [-0.39, 0.29) is 13.0 Å². The van der Waals surface area contributed by atoms with Crippen molar-refractivity contribution in [2.75, 3.05) is 12.9 Å². The van der Waals surface area contributed by atoms with Crippen molar-refractivity contribution in [3.8, 4) is 0 Å². The molecular weight excluding hydrogens is 196 g/mol. The van der Waals surface area contributed by atoms with Crippen molar-refractivity contribution in [2.24, 2.45) is 0 Å². The fourth-order valence-electron chi connectivity index (χ4n) is 0.787. The van der Waals surface area contributed by atoms with Gasteiger partial charge in [-0.15, -0.1) is 0 Å². The molecule has 0 aromatic carbocycles. The first-order chi connectivity index (χ1) is 5.85. The molecule has 0 aliphatic rings. The summed E-state index contributed by atoms with van der Waals surface area (Å²) in [6.45, 7) is 3.46. The summed E-state index contributed by atoms with van der Waals surface area (Å²) in [5.41, 5.74) is 0. The molecule has 0 heterocycles. The van der Waals surface area contributed by atoms with Crippen molar-refractivity contribution in [3.63, 3.8) is 0 Å². The molecule has 0 aromatic rings. The second kappa shape index (κ2) is 5.18. The van der Waals surface area contributed by atoms with Crippen LogP contribution in [0.5, 0.6) is 0 Å². The molecule has 0 saturated heterocycles. The van der Waals surface area contributed by atoms with Crippen LogP contribution in [-0.2, 0) is 23.8 Å². The predicted molar refractivity (Wildman–Crippen MR) is 46.6 cm³/mol. The van der Waals surface area contributed by atoms with Crippen LogP contribution in [0.15, 0.2) is 0 Å². The second-order valence-corrected chi connectivity index (χ2v) is 4.22. The van der Waals surface area contributed by atoms with Crippen LogP contribution >= 0.6 is 0 Å². The van der Waals surface area contributed by atoms with Crippen LogP contribution in [0.2, 0.25) is 0 Å². The maximum atomic E-state index is 10.8. The average molecular weight is 210 g/mol. The number of esters is 1. The van der Waals surface area contributed by atoms with Gasteiger partial charge in [0.25, 0.3) is 10.1 Å². The Morgan fingerprint density at radius 1 is 1.46 bits per heavy atom. The number of carbonyl (C=O) groups excluding carboxylic acids is 1. The Hall–Kier alpha value is -0.620. The van der Waals surface area contributed by atoms with Gasteiger partial charge in [-0.25, -0.2) is 0 Å². The summed E-state index contributed by atoms with van der Waals surface area (Å²) in [4.78, 5) is 10.8. The van der Waals surface area contributed by atoms with Crippen LogP contribution < -0.4 is 0 Å². The lowest BCUT2D eigenvalue weighted by molar-refractivity contribution is -0.144. The predicted octanol–water partition coefficient (Wildman–Crippen LogP) is 0.304. The summed E-state index contributed by atoms with van der Waals surface area (Å²) in [6.07, 6.45) is 0.212. The van der Waals surface area contributed by atoms with E-state index in [1.54, 1.807) is 6.92 Å². The minimum atomic E-state index is -3.49. The molecule has 0 N–H and O–H groups in total. The molecule has 0 amide bonds. The lowest BCUT2D eigenvalue weighted by atomic mass is 10.3. The number of rotatable bonds is 5. The smallest absolute Gasteiger partial charge is 0.308 e. The van der Waals surface area contributed by atoms with Crippen LogP contribution in [0.25, 0.3) is 0 Å². The minimum Gasteiger partial charge on any atom is -0.466 e. The Balaban J connectivity index is 3.88. The molecule has 6 heteroatoms. The van der Waals surface area contributed by atoms with Crippen molar-refractivity contribution in [2.45, 2.75) is 26.4 Å². The molecule has 0 radical (unpaired) electrons. The molecule has 1 unspecified atom stereocenters. The molecule has 13 heavy (non-hydrogen) atoms. The zero-order valence-corrected chi connectivity index (χ0v) is 8.76. The molecule has 0 rings (SSSR count). The molecule has 0 aliphatic carbocycles. The number of hydrogen-bond acceptors (Lipinski definition) is 5. The molecule has 0 spiro atoms. The molecule has 5 nitrogen and oxygen atoms in total. The van der Waals surface area contributed by atoms with E-state index in [1.807, 2.05) is 0 Å². The van der Waals surface area contributed by atoms with Gasteiger partial charge in [0.2, 0.25) is 0 Å². The highest BCUT2D eigenvalue weighted by molar-refractivity contribution is 7.86. The third kappa shape index (κ3) is 7.73. The molecule has 0 fully saturated rings. The van der Waals surface area contributed by atoms with Crippen LogP contribution in [0.1, 0.15) is 20.3 Å². The fraction of sp³-hybridized carbons (Fsp3) is 0.857. The normalized spacial score (nSPS) is 13.8. The third-order valence-electron chi connectivity index (χ3n) is 1.10. The largest absolute Gasteiger partial charge is 0.466 e. The topological polar surface area (TPSA) is 69.7 Å². The Kier molecular flexibility index (Phi) is 4.94. The highest BCUT2D eigenvalue weighted by atomic mass is 32.2. The van der Waals surface area contributed by atoms with Gasteiger partial charge < -0.3 is 4.74 Å². The van der Waals surface area contributed by atoms with E-state index in [9.17, 15) is 13.2 Å². The molecular formula is C7H14O5S. The van der Waals surface area contributed by atoms with Gasteiger partial charge in [0, 0.05) is 0 Å². The van der Waals surface area contributed by atoms with Crippen LogP contribution in [0, 0.1) is 0 Å². The monoisotopic (exact) mass is 210 g/mol. The summed E-state index contributed by atoms with van der Waals surface area (Å²) >= 11 is 0. The summed E-state index contributed by atoms with van der Waals surface area (Å²) in [5, 5.41) is 0. The lowest BCUT2D eigenvalue weighted by Crippen LogP contribution is -2.19.